The highest BCUT2D eigenvalue weighted by atomic mass is 79.9. The first-order chi connectivity index (χ1) is 6.72. The van der Waals surface area contributed by atoms with E-state index in [-0.39, 0.29) is 5.78 Å². The van der Waals surface area contributed by atoms with Gasteiger partial charge in [0.25, 0.3) is 0 Å². The minimum absolute atomic E-state index is 0.217. The first-order valence-corrected chi connectivity index (χ1v) is 5.27. The molecule has 0 amide bonds. The fraction of sp³-hybridized carbons (Fsp3) is 0.364. The van der Waals surface area contributed by atoms with Crippen LogP contribution < -0.4 is 0 Å². The maximum absolute atomic E-state index is 11.4. The van der Waals surface area contributed by atoms with E-state index in [2.05, 4.69) is 15.9 Å². The highest BCUT2D eigenvalue weighted by Gasteiger charge is 2.02. The number of carbonyl (C=O) groups excluding carboxylic acids is 1. The van der Waals surface area contributed by atoms with Crippen molar-refractivity contribution in [2.24, 2.45) is 0 Å². The Morgan fingerprint density at radius 3 is 2.57 bits per heavy atom. The fourth-order valence-corrected chi connectivity index (χ4v) is 1.40. The Bertz CT molecular complexity index is 293. The van der Waals surface area contributed by atoms with Gasteiger partial charge in [0.1, 0.15) is 5.78 Å². The van der Waals surface area contributed by atoms with Crippen LogP contribution in [-0.4, -0.2) is 19.5 Å². The van der Waals surface area contributed by atoms with Gasteiger partial charge in [0.05, 0.1) is 6.61 Å². The Balaban J connectivity index is 2.44. The molecule has 0 heterocycles. The smallest absolute Gasteiger partial charge is 0.139 e. The lowest BCUT2D eigenvalue weighted by atomic mass is 10.1. The zero-order valence-corrected chi connectivity index (χ0v) is 9.71. The Hall–Kier alpha value is -0.670. The number of hydrogen-bond donors (Lipinski definition) is 0. The van der Waals surface area contributed by atoms with Crippen LogP contribution in [0.4, 0.5) is 0 Å². The number of ether oxygens (including phenoxy) is 1. The maximum Gasteiger partial charge on any atom is 0.139 e. The SMILES string of the molecule is COCCC(=O)Cc1ccc(Br)cc1. The largest absolute Gasteiger partial charge is 0.384 e. The maximum atomic E-state index is 11.4. The number of benzene rings is 1. The van der Waals surface area contributed by atoms with Gasteiger partial charge in [-0.2, -0.15) is 0 Å². The molecule has 1 aromatic rings. The van der Waals surface area contributed by atoms with Crippen LogP contribution in [0.3, 0.4) is 0 Å². The molecule has 0 aliphatic carbocycles. The van der Waals surface area contributed by atoms with Crippen LogP contribution in [0.2, 0.25) is 0 Å². The lowest BCUT2D eigenvalue weighted by Crippen LogP contribution is -2.05. The van der Waals surface area contributed by atoms with Crippen LogP contribution in [0.1, 0.15) is 12.0 Å². The molecule has 0 atom stereocenters. The van der Waals surface area contributed by atoms with E-state index < -0.39 is 0 Å². The molecule has 14 heavy (non-hydrogen) atoms. The predicted molar refractivity (Wildman–Crippen MR) is 59.3 cm³/mol. The molecule has 0 fully saturated rings. The van der Waals surface area contributed by atoms with Crippen LogP contribution in [0.25, 0.3) is 0 Å². The molecule has 0 radical (unpaired) electrons. The van der Waals surface area contributed by atoms with Gasteiger partial charge in [-0.15, -0.1) is 0 Å². The third-order valence-electron chi connectivity index (χ3n) is 1.90. The van der Waals surface area contributed by atoms with Gasteiger partial charge >= 0.3 is 0 Å². The van der Waals surface area contributed by atoms with Crippen molar-refractivity contribution in [1.82, 2.24) is 0 Å². The molecule has 3 heteroatoms. The number of halogens is 1. The average Bonchev–Trinajstić information content (AvgIpc) is 2.18. The molecular weight excluding hydrogens is 244 g/mol. The second kappa shape index (κ2) is 5.94. The molecule has 0 aliphatic heterocycles. The number of ketones is 1. The number of hydrogen-bond acceptors (Lipinski definition) is 2. The topological polar surface area (TPSA) is 26.3 Å². The van der Waals surface area contributed by atoms with Gasteiger partial charge in [-0.05, 0) is 17.7 Å². The van der Waals surface area contributed by atoms with E-state index >= 15 is 0 Å². The van der Waals surface area contributed by atoms with E-state index in [1.807, 2.05) is 24.3 Å². The minimum atomic E-state index is 0.217. The first-order valence-electron chi connectivity index (χ1n) is 4.47. The van der Waals surface area contributed by atoms with Gasteiger partial charge in [0, 0.05) is 24.4 Å². The van der Waals surface area contributed by atoms with Crippen LogP contribution >= 0.6 is 15.9 Å². The summed E-state index contributed by atoms with van der Waals surface area (Å²) in [5, 5.41) is 0. The van der Waals surface area contributed by atoms with Crippen molar-refractivity contribution in [1.29, 1.82) is 0 Å². The highest BCUT2D eigenvalue weighted by Crippen LogP contribution is 2.11. The zero-order chi connectivity index (χ0) is 10.4. The normalized spacial score (nSPS) is 10.1. The van der Waals surface area contributed by atoms with E-state index in [1.165, 1.54) is 0 Å². The van der Waals surface area contributed by atoms with E-state index in [1.54, 1.807) is 7.11 Å². The molecule has 1 aromatic carbocycles. The first kappa shape index (κ1) is 11.4. The van der Waals surface area contributed by atoms with E-state index in [9.17, 15) is 4.79 Å². The van der Waals surface area contributed by atoms with Crippen molar-refractivity contribution in [3.63, 3.8) is 0 Å². The van der Waals surface area contributed by atoms with Crippen molar-refractivity contribution >= 4 is 21.7 Å². The molecule has 0 aromatic heterocycles. The van der Waals surface area contributed by atoms with Gasteiger partial charge in [-0.1, -0.05) is 28.1 Å². The van der Waals surface area contributed by atoms with E-state index in [4.69, 9.17) is 4.74 Å². The predicted octanol–water partition coefficient (Wildman–Crippen LogP) is 2.60. The third-order valence-corrected chi connectivity index (χ3v) is 2.43. The van der Waals surface area contributed by atoms with Crippen molar-refractivity contribution in [3.05, 3.63) is 34.3 Å². The van der Waals surface area contributed by atoms with Gasteiger partial charge in [-0.3, -0.25) is 4.79 Å². The van der Waals surface area contributed by atoms with Crippen molar-refractivity contribution in [2.75, 3.05) is 13.7 Å². The molecule has 1 rings (SSSR count). The second-order valence-corrected chi connectivity index (χ2v) is 4.00. The van der Waals surface area contributed by atoms with Gasteiger partial charge in [-0.25, -0.2) is 0 Å². The van der Waals surface area contributed by atoms with Crippen LogP contribution in [-0.2, 0) is 16.0 Å². The summed E-state index contributed by atoms with van der Waals surface area (Å²) in [4.78, 5) is 11.4. The summed E-state index contributed by atoms with van der Waals surface area (Å²) in [5.41, 5.74) is 1.05. The molecule has 0 bridgehead atoms. The molecule has 76 valence electrons. The van der Waals surface area contributed by atoms with E-state index in [0.717, 1.165) is 10.0 Å². The van der Waals surface area contributed by atoms with Crippen molar-refractivity contribution in [3.8, 4) is 0 Å². The fourth-order valence-electron chi connectivity index (χ4n) is 1.13. The molecule has 0 aliphatic rings. The zero-order valence-electron chi connectivity index (χ0n) is 8.13. The lowest BCUT2D eigenvalue weighted by molar-refractivity contribution is -0.119. The van der Waals surface area contributed by atoms with Crippen LogP contribution in [0.5, 0.6) is 0 Å². The standard InChI is InChI=1S/C11H13BrO2/c1-14-7-6-11(13)8-9-2-4-10(12)5-3-9/h2-5H,6-8H2,1H3. The molecule has 0 saturated carbocycles. The molecule has 2 nitrogen and oxygen atoms in total. The molecule has 0 unspecified atom stereocenters. The average molecular weight is 257 g/mol. The van der Waals surface area contributed by atoms with Gasteiger partial charge < -0.3 is 4.74 Å². The Labute approximate surface area is 92.4 Å². The Morgan fingerprint density at radius 2 is 2.00 bits per heavy atom. The van der Waals surface area contributed by atoms with Crippen LogP contribution in [0, 0.1) is 0 Å². The molecule has 0 spiro atoms. The van der Waals surface area contributed by atoms with Crippen molar-refractivity contribution < 1.29 is 9.53 Å². The van der Waals surface area contributed by atoms with Gasteiger partial charge in [0.15, 0.2) is 0 Å². The molecule has 0 N–H and O–H groups in total. The summed E-state index contributed by atoms with van der Waals surface area (Å²) in [7, 11) is 1.60. The Kier molecular flexibility index (Phi) is 4.84. The summed E-state index contributed by atoms with van der Waals surface area (Å²) in [6.45, 7) is 0.509. The van der Waals surface area contributed by atoms with Crippen molar-refractivity contribution in [2.45, 2.75) is 12.8 Å². The summed E-state index contributed by atoms with van der Waals surface area (Å²) >= 11 is 3.35. The number of carbonyl (C=O) groups is 1. The molecule has 0 saturated heterocycles. The Morgan fingerprint density at radius 1 is 1.36 bits per heavy atom. The number of rotatable bonds is 5. The summed E-state index contributed by atoms with van der Waals surface area (Å²) in [6, 6.07) is 7.79. The van der Waals surface area contributed by atoms with E-state index in [0.29, 0.717) is 19.4 Å². The second-order valence-electron chi connectivity index (χ2n) is 3.08. The monoisotopic (exact) mass is 256 g/mol. The summed E-state index contributed by atoms with van der Waals surface area (Å²) < 4.78 is 5.87. The third kappa shape index (κ3) is 4.03. The quantitative estimate of drug-likeness (QED) is 0.810. The number of methoxy groups -OCH3 is 1. The summed E-state index contributed by atoms with van der Waals surface area (Å²) in [6.07, 6.45) is 0.989. The number of Topliss-reactive ketones (excluding diaryl/α,β-unsaturated/α-hetero) is 1. The minimum Gasteiger partial charge on any atom is -0.384 e. The summed E-state index contributed by atoms with van der Waals surface area (Å²) in [5.74, 6) is 0.217. The highest BCUT2D eigenvalue weighted by molar-refractivity contribution is 9.10. The van der Waals surface area contributed by atoms with Crippen LogP contribution in [0.15, 0.2) is 28.7 Å². The van der Waals surface area contributed by atoms with Gasteiger partial charge in [0.2, 0.25) is 0 Å². The molecular formula is C11H13BrO2. The lowest BCUT2D eigenvalue weighted by Gasteiger charge is -2.00.